The highest BCUT2D eigenvalue weighted by Gasteiger charge is 2.11. The Labute approximate surface area is 144 Å². The first-order chi connectivity index (χ1) is 11.5. The minimum absolute atomic E-state index is 0.317. The predicted molar refractivity (Wildman–Crippen MR) is 97.6 cm³/mol. The number of aryl methyl sites for hydroxylation is 3. The van der Waals surface area contributed by atoms with E-state index in [1.807, 2.05) is 30.5 Å². The molecule has 0 saturated heterocycles. The van der Waals surface area contributed by atoms with Crippen LogP contribution in [-0.4, -0.2) is 22.3 Å². The van der Waals surface area contributed by atoms with Gasteiger partial charge in [-0.25, -0.2) is 5.43 Å². The quantitative estimate of drug-likeness (QED) is 0.561. The molecule has 2 aromatic heterocycles. The summed E-state index contributed by atoms with van der Waals surface area (Å²) in [6.45, 7) is 6.13. The number of benzene rings is 1. The van der Waals surface area contributed by atoms with Crippen molar-refractivity contribution < 1.29 is 4.79 Å². The van der Waals surface area contributed by atoms with E-state index in [0.717, 1.165) is 21.7 Å². The lowest BCUT2D eigenvalue weighted by atomic mass is 10.0. The molecule has 122 valence electrons. The molecule has 1 amide bonds. The smallest absolute Gasteiger partial charge is 0.272 e. The van der Waals surface area contributed by atoms with Crippen LogP contribution < -0.4 is 5.43 Å². The number of hydrogen-bond donors (Lipinski definition) is 2. The first kappa shape index (κ1) is 16.1. The average Bonchev–Trinajstić information content (AvgIpc) is 3.20. The van der Waals surface area contributed by atoms with Gasteiger partial charge >= 0.3 is 0 Å². The third-order valence-electron chi connectivity index (χ3n) is 3.87. The van der Waals surface area contributed by atoms with Gasteiger partial charge in [0, 0.05) is 10.4 Å². The van der Waals surface area contributed by atoms with E-state index in [-0.39, 0.29) is 5.91 Å². The number of H-pyrrole nitrogens is 1. The summed E-state index contributed by atoms with van der Waals surface area (Å²) < 4.78 is 0. The number of aromatic nitrogens is 2. The highest BCUT2D eigenvalue weighted by atomic mass is 32.1. The molecule has 24 heavy (non-hydrogen) atoms. The molecule has 0 atom stereocenters. The van der Waals surface area contributed by atoms with Gasteiger partial charge in [-0.2, -0.15) is 10.2 Å². The normalized spacial score (nSPS) is 11.1. The summed E-state index contributed by atoms with van der Waals surface area (Å²) in [7, 11) is 0. The SMILES string of the molecule is Cc1ccc(-c2cc(C(=O)NN=Cc3sccc3C)[nH]n2)cc1C. The molecule has 0 aliphatic heterocycles. The van der Waals surface area contributed by atoms with Crippen LogP contribution in [0.15, 0.2) is 40.8 Å². The molecule has 0 fully saturated rings. The molecule has 0 spiro atoms. The first-order valence-electron chi connectivity index (χ1n) is 7.55. The standard InChI is InChI=1S/C18H18N4OS/c1-11-4-5-14(8-13(11)3)15-9-16(21-20-15)18(23)22-19-10-17-12(2)6-7-24-17/h4-10H,1-3H3,(H,20,21)(H,22,23). The summed E-state index contributed by atoms with van der Waals surface area (Å²) in [5.74, 6) is -0.317. The molecule has 2 heterocycles. The van der Waals surface area contributed by atoms with Crippen LogP contribution in [-0.2, 0) is 0 Å². The molecule has 5 nitrogen and oxygen atoms in total. The van der Waals surface area contributed by atoms with Crippen LogP contribution in [0.4, 0.5) is 0 Å². The van der Waals surface area contributed by atoms with E-state index in [4.69, 9.17) is 0 Å². The van der Waals surface area contributed by atoms with Crippen molar-refractivity contribution >= 4 is 23.5 Å². The maximum Gasteiger partial charge on any atom is 0.289 e. The summed E-state index contributed by atoms with van der Waals surface area (Å²) in [6, 6.07) is 9.85. The zero-order valence-electron chi connectivity index (χ0n) is 13.8. The number of aromatic amines is 1. The van der Waals surface area contributed by atoms with Crippen molar-refractivity contribution in [1.29, 1.82) is 0 Å². The lowest BCUT2D eigenvalue weighted by Gasteiger charge is -2.01. The van der Waals surface area contributed by atoms with Gasteiger partial charge in [0.2, 0.25) is 0 Å². The lowest BCUT2D eigenvalue weighted by molar-refractivity contribution is 0.0950. The molecule has 3 rings (SSSR count). The molecule has 0 aliphatic rings. The van der Waals surface area contributed by atoms with Crippen molar-refractivity contribution in [1.82, 2.24) is 15.6 Å². The van der Waals surface area contributed by atoms with E-state index in [0.29, 0.717) is 5.69 Å². The Morgan fingerprint density at radius 3 is 2.71 bits per heavy atom. The summed E-state index contributed by atoms with van der Waals surface area (Å²) in [5, 5.41) is 13.0. The Bertz CT molecular complexity index is 907. The summed E-state index contributed by atoms with van der Waals surface area (Å²) in [4.78, 5) is 13.2. The predicted octanol–water partition coefficient (Wildman–Crippen LogP) is 3.83. The van der Waals surface area contributed by atoms with Gasteiger partial charge < -0.3 is 0 Å². The zero-order valence-corrected chi connectivity index (χ0v) is 14.6. The fourth-order valence-corrected chi connectivity index (χ4v) is 3.00. The van der Waals surface area contributed by atoms with Crippen LogP contribution in [0, 0.1) is 20.8 Å². The van der Waals surface area contributed by atoms with E-state index in [1.54, 1.807) is 23.6 Å². The minimum Gasteiger partial charge on any atom is -0.272 e. The minimum atomic E-state index is -0.317. The zero-order chi connectivity index (χ0) is 17.1. The van der Waals surface area contributed by atoms with Crippen molar-refractivity contribution in [3.05, 3.63) is 63.0 Å². The molecule has 0 aliphatic carbocycles. The van der Waals surface area contributed by atoms with E-state index in [1.165, 1.54) is 11.1 Å². The van der Waals surface area contributed by atoms with Crippen LogP contribution >= 0.6 is 11.3 Å². The number of nitrogens with zero attached hydrogens (tertiary/aromatic N) is 2. The van der Waals surface area contributed by atoms with Gasteiger partial charge in [0.15, 0.2) is 0 Å². The molecule has 0 radical (unpaired) electrons. The van der Waals surface area contributed by atoms with Crippen LogP contribution in [0.2, 0.25) is 0 Å². The van der Waals surface area contributed by atoms with Crippen molar-refractivity contribution in [2.75, 3.05) is 0 Å². The van der Waals surface area contributed by atoms with Crippen LogP contribution in [0.5, 0.6) is 0 Å². The molecule has 0 bridgehead atoms. The van der Waals surface area contributed by atoms with Crippen molar-refractivity contribution in [2.24, 2.45) is 5.10 Å². The van der Waals surface area contributed by atoms with Crippen LogP contribution in [0.25, 0.3) is 11.3 Å². The molecule has 2 N–H and O–H groups in total. The van der Waals surface area contributed by atoms with Gasteiger partial charge in [0.1, 0.15) is 5.69 Å². The Hall–Kier alpha value is -2.73. The molecule has 3 aromatic rings. The number of carbonyl (C=O) groups is 1. The summed E-state index contributed by atoms with van der Waals surface area (Å²) in [6.07, 6.45) is 1.65. The first-order valence-corrected chi connectivity index (χ1v) is 8.43. The molecule has 0 saturated carbocycles. The van der Waals surface area contributed by atoms with Gasteiger partial charge in [-0.1, -0.05) is 12.1 Å². The third-order valence-corrected chi connectivity index (χ3v) is 4.83. The Morgan fingerprint density at radius 2 is 2.00 bits per heavy atom. The molecular weight excluding hydrogens is 320 g/mol. The largest absolute Gasteiger partial charge is 0.289 e. The lowest BCUT2D eigenvalue weighted by Crippen LogP contribution is -2.17. The average molecular weight is 338 g/mol. The van der Waals surface area contributed by atoms with Crippen LogP contribution in [0.3, 0.4) is 0 Å². The molecule has 6 heteroatoms. The van der Waals surface area contributed by atoms with Crippen LogP contribution in [0.1, 0.15) is 32.1 Å². The van der Waals surface area contributed by atoms with Crippen molar-refractivity contribution in [2.45, 2.75) is 20.8 Å². The Morgan fingerprint density at radius 1 is 1.17 bits per heavy atom. The van der Waals surface area contributed by atoms with Gasteiger partial charge in [-0.3, -0.25) is 9.89 Å². The van der Waals surface area contributed by atoms with Crippen molar-refractivity contribution in [3.8, 4) is 11.3 Å². The van der Waals surface area contributed by atoms with Gasteiger partial charge in [-0.15, -0.1) is 11.3 Å². The number of amides is 1. The fraction of sp³-hybridized carbons (Fsp3) is 0.167. The number of hydrogen-bond acceptors (Lipinski definition) is 4. The summed E-state index contributed by atoms with van der Waals surface area (Å²) >= 11 is 1.58. The number of thiophene rings is 1. The highest BCUT2D eigenvalue weighted by molar-refractivity contribution is 7.11. The van der Waals surface area contributed by atoms with E-state index >= 15 is 0 Å². The Balaban J connectivity index is 1.70. The van der Waals surface area contributed by atoms with E-state index in [9.17, 15) is 4.79 Å². The number of carbonyl (C=O) groups excluding carboxylic acids is 1. The maximum atomic E-state index is 12.1. The molecule has 0 unspecified atom stereocenters. The highest BCUT2D eigenvalue weighted by Crippen LogP contribution is 2.20. The van der Waals surface area contributed by atoms with E-state index in [2.05, 4.69) is 40.6 Å². The molecule has 1 aromatic carbocycles. The second kappa shape index (κ2) is 6.80. The van der Waals surface area contributed by atoms with Gasteiger partial charge in [-0.05, 0) is 61.0 Å². The van der Waals surface area contributed by atoms with Crippen molar-refractivity contribution in [3.63, 3.8) is 0 Å². The fourth-order valence-electron chi connectivity index (χ4n) is 2.21. The second-order valence-electron chi connectivity index (χ2n) is 5.63. The number of nitrogens with one attached hydrogen (secondary N) is 2. The topological polar surface area (TPSA) is 70.1 Å². The number of hydrazone groups is 1. The summed E-state index contributed by atoms with van der Waals surface area (Å²) in [5.41, 5.74) is 8.16. The monoisotopic (exact) mass is 338 g/mol. The maximum absolute atomic E-state index is 12.1. The number of rotatable bonds is 4. The van der Waals surface area contributed by atoms with Gasteiger partial charge in [0.05, 0.1) is 11.9 Å². The second-order valence-corrected chi connectivity index (χ2v) is 6.58. The third kappa shape index (κ3) is 3.44. The van der Waals surface area contributed by atoms with E-state index < -0.39 is 0 Å². The Kier molecular flexibility index (Phi) is 4.57. The van der Waals surface area contributed by atoms with Gasteiger partial charge in [0.25, 0.3) is 5.91 Å². The molecular formula is C18H18N4OS.